The van der Waals surface area contributed by atoms with Crippen LogP contribution in [0.2, 0.25) is 0 Å². The second-order valence-electron chi connectivity index (χ2n) is 26.5. The number of Topliss-reactive ketones (excluding diaryl/α,β-unsaturated/α-hetero) is 3. The average Bonchev–Trinajstić information content (AvgIpc) is 3.87. The normalized spacial score (nSPS) is 14.2. The molecule has 3 N–H and O–H groups in total. The molecule has 85 heavy (non-hydrogen) atoms. The minimum absolute atomic E-state index is 0.0200. The Balaban J connectivity index is 1.47. The number of ketones is 3. The molecule has 0 bridgehead atoms. The van der Waals surface area contributed by atoms with Crippen LogP contribution < -0.4 is 16.0 Å². The summed E-state index contributed by atoms with van der Waals surface area (Å²) in [4.78, 5) is 87.7. The molecular weight excluding hydrogens is 1070 g/mol. The summed E-state index contributed by atoms with van der Waals surface area (Å²) in [6, 6.07) is 27.6. The van der Waals surface area contributed by atoms with Gasteiger partial charge < -0.3 is 30.2 Å². The molecule has 0 aliphatic rings. The quantitative estimate of drug-likeness (QED) is 0.0118. The number of amides is 1. The van der Waals surface area contributed by atoms with E-state index in [0.717, 1.165) is 27.5 Å². The molecule has 0 fully saturated rings. The first-order valence-corrected chi connectivity index (χ1v) is 30.9. The highest BCUT2D eigenvalue weighted by Gasteiger charge is 2.32. The second-order valence-corrected chi connectivity index (χ2v) is 26.5. The van der Waals surface area contributed by atoms with Gasteiger partial charge in [0.15, 0.2) is 0 Å². The van der Waals surface area contributed by atoms with Crippen LogP contribution in [0.4, 0.5) is 14.4 Å². The van der Waals surface area contributed by atoms with Crippen molar-refractivity contribution >= 4 is 57.4 Å². The largest absolute Gasteiger partial charge is 0.444 e. The minimum Gasteiger partial charge on any atom is -0.444 e. The van der Waals surface area contributed by atoms with E-state index in [2.05, 4.69) is 32.9 Å². The molecule has 0 spiro atoms. The van der Waals surface area contributed by atoms with Crippen molar-refractivity contribution in [3.63, 3.8) is 0 Å². The summed E-state index contributed by atoms with van der Waals surface area (Å²) in [5.74, 6) is -0.498. The summed E-state index contributed by atoms with van der Waals surface area (Å²) >= 11 is 0. The zero-order chi connectivity index (χ0) is 62.5. The lowest BCUT2D eigenvalue weighted by atomic mass is 9.86. The highest BCUT2D eigenvalue weighted by Crippen LogP contribution is 2.29. The molecule has 17 heteroatoms. The Labute approximate surface area is 505 Å². The summed E-state index contributed by atoms with van der Waals surface area (Å²) in [6.07, 6.45) is 4.70. The molecule has 6 atom stereocenters. The Bertz CT molecular complexity index is 3030. The van der Waals surface area contributed by atoms with Crippen LogP contribution in [0.5, 0.6) is 0 Å². The van der Waals surface area contributed by atoms with Crippen LogP contribution >= 0.6 is 0 Å². The minimum atomic E-state index is -0.812. The number of fused-ring (bicyclic) bond motifs is 2. The van der Waals surface area contributed by atoms with E-state index in [1.807, 2.05) is 174 Å². The monoisotopic (exact) mass is 1170 g/mol. The number of unbranched alkanes of at least 4 members (excludes halogenated alkanes) is 2. The third-order valence-corrected chi connectivity index (χ3v) is 15.4. The van der Waals surface area contributed by atoms with Crippen molar-refractivity contribution in [1.29, 1.82) is 0 Å². The maximum absolute atomic E-state index is 15.5. The summed E-state index contributed by atoms with van der Waals surface area (Å²) in [5.41, 5.74) is 10.7. The smallest absolute Gasteiger partial charge is 0.419 e. The van der Waals surface area contributed by atoms with Gasteiger partial charge in [-0.25, -0.2) is 23.5 Å². The van der Waals surface area contributed by atoms with Crippen molar-refractivity contribution < 1.29 is 43.0 Å². The molecular formula is C68H98N8O9. The van der Waals surface area contributed by atoms with Crippen LogP contribution in [0.15, 0.2) is 96.1 Å². The Kier molecular flexibility index (Phi) is 26.5. The topological polar surface area (TPSA) is 225 Å². The third kappa shape index (κ3) is 23.2. The number of benzene rings is 3. The molecule has 0 saturated carbocycles. The van der Waals surface area contributed by atoms with Gasteiger partial charge in [-0.2, -0.15) is 0 Å². The van der Waals surface area contributed by atoms with Gasteiger partial charge in [0, 0.05) is 71.8 Å². The number of ether oxygens (including phenoxy) is 3. The number of rotatable bonds is 33. The van der Waals surface area contributed by atoms with Gasteiger partial charge in [-0.1, -0.05) is 119 Å². The van der Waals surface area contributed by atoms with Crippen molar-refractivity contribution in [2.45, 2.75) is 202 Å². The molecule has 6 unspecified atom stereocenters. The van der Waals surface area contributed by atoms with Crippen LogP contribution in [0.25, 0.3) is 32.2 Å². The van der Waals surface area contributed by atoms with Gasteiger partial charge in [-0.3, -0.25) is 14.4 Å². The lowest BCUT2D eigenvalue weighted by Crippen LogP contribution is -2.45. The maximum atomic E-state index is 15.5. The predicted octanol–water partition coefficient (Wildman–Crippen LogP) is 14.7. The van der Waals surface area contributed by atoms with Gasteiger partial charge in [-0.05, 0) is 173 Å². The zero-order valence-electron chi connectivity index (χ0n) is 53.1. The van der Waals surface area contributed by atoms with Crippen LogP contribution in [-0.2, 0) is 47.9 Å². The number of alkyl carbamates (subject to hydrolysis) is 1. The Hall–Kier alpha value is -6.81. The first-order valence-electron chi connectivity index (χ1n) is 30.9. The maximum Gasteiger partial charge on any atom is 0.419 e. The Morgan fingerprint density at radius 3 is 1.52 bits per heavy atom. The SMILES string of the molecule is CCC(CC(=O)C(Cc1ccccc1)NCC(CCCCN=[N+]=[N-])CC(=O)C(Cc1cc2ccccc2n1C(=O)OC(C)(C)C)NCC(CCCCNC(=O)OC(C)(C)C)CC(=O)C(C)C(C)C)Cc1cc2ccccc2n1C(=O)OC(C)(C)C. The summed E-state index contributed by atoms with van der Waals surface area (Å²) in [5, 5.41) is 15.7. The van der Waals surface area contributed by atoms with E-state index in [1.165, 1.54) is 0 Å². The van der Waals surface area contributed by atoms with Crippen LogP contribution in [0.1, 0.15) is 171 Å². The van der Waals surface area contributed by atoms with E-state index in [9.17, 15) is 24.0 Å². The second kappa shape index (κ2) is 32.6. The van der Waals surface area contributed by atoms with E-state index < -0.39 is 47.2 Å². The number of para-hydroxylation sites is 2. The summed E-state index contributed by atoms with van der Waals surface area (Å²) < 4.78 is 20.5. The van der Waals surface area contributed by atoms with Crippen LogP contribution in [-0.4, -0.2) is 99.8 Å². The van der Waals surface area contributed by atoms with E-state index in [1.54, 1.807) is 9.13 Å². The number of carbonyl (C=O) groups is 6. The standard InChI is InChI=1S/C68H98N8O9/c1-14-48(36-54-41-52-30-18-20-32-58(52)75(54)64(81)84-67(8,9)10)38-61(78)56(37-49-26-16-15-17-27-49)71-45-51(29-23-25-35-73-74-69)40-62(79)57(43-55-42-53-31-19-21-33-59(53)76(55)65(82)85-68(11,12)13)72-44-50(39-60(77)47(4)46(2)3)28-22-24-34-70-63(80)83-66(5,6)7/h15-21,26-27,30-33,41-42,46-48,50-51,56-57,71-72H,14,22-25,28-29,34-40,43-45H2,1-13H3,(H,70,80). The molecule has 2 heterocycles. The van der Waals surface area contributed by atoms with E-state index in [-0.39, 0.29) is 66.2 Å². The van der Waals surface area contributed by atoms with Crippen molar-refractivity contribution in [2.24, 2.45) is 34.7 Å². The molecule has 1 amide bonds. The zero-order valence-corrected chi connectivity index (χ0v) is 53.1. The number of azide groups is 1. The fourth-order valence-electron chi connectivity index (χ4n) is 10.7. The number of hydrogen-bond donors (Lipinski definition) is 3. The van der Waals surface area contributed by atoms with Crippen molar-refractivity contribution in [2.75, 3.05) is 26.2 Å². The Morgan fingerprint density at radius 1 is 0.565 bits per heavy atom. The molecule has 5 rings (SSSR count). The summed E-state index contributed by atoms with van der Waals surface area (Å²) in [7, 11) is 0. The third-order valence-electron chi connectivity index (χ3n) is 15.4. The molecule has 3 aromatic carbocycles. The highest BCUT2D eigenvalue weighted by molar-refractivity contribution is 5.93. The van der Waals surface area contributed by atoms with Gasteiger partial charge in [0.05, 0.1) is 23.1 Å². The first-order chi connectivity index (χ1) is 40.1. The average molecular weight is 1170 g/mol. The van der Waals surface area contributed by atoms with Crippen molar-refractivity contribution in [3.05, 3.63) is 118 Å². The number of aromatic nitrogens is 2. The van der Waals surface area contributed by atoms with Crippen LogP contribution in [0.3, 0.4) is 0 Å². The van der Waals surface area contributed by atoms with E-state index >= 15 is 4.79 Å². The molecule has 464 valence electrons. The van der Waals surface area contributed by atoms with Gasteiger partial charge in [-0.15, -0.1) is 0 Å². The van der Waals surface area contributed by atoms with Crippen LogP contribution in [0, 0.1) is 29.6 Å². The fourth-order valence-corrected chi connectivity index (χ4v) is 10.7. The Morgan fingerprint density at radius 2 is 1.02 bits per heavy atom. The molecule has 0 aliphatic heterocycles. The van der Waals surface area contributed by atoms with Gasteiger partial charge >= 0.3 is 18.3 Å². The van der Waals surface area contributed by atoms with E-state index in [4.69, 9.17) is 19.7 Å². The van der Waals surface area contributed by atoms with Crippen molar-refractivity contribution in [3.8, 4) is 0 Å². The number of carbonyl (C=O) groups excluding carboxylic acids is 6. The molecule has 5 aromatic rings. The fraction of sp³-hybridized carbons (Fsp3) is 0.588. The number of nitrogens with one attached hydrogen (secondary N) is 3. The lowest BCUT2D eigenvalue weighted by Gasteiger charge is -2.27. The first kappa shape index (κ1) is 69.0. The molecule has 2 aromatic heterocycles. The molecule has 0 radical (unpaired) electrons. The van der Waals surface area contributed by atoms with Gasteiger partial charge in [0.25, 0.3) is 0 Å². The predicted molar refractivity (Wildman–Crippen MR) is 338 cm³/mol. The lowest BCUT2D eigenvalue weighted by molar-refractivity contribution is -0.124. The van der Waals surface area contributed by atoms with Gasteiger partial charge in [0.2, 0.25) is 0 Å². The highest BCUT2D eigenvalue weighted by atomic mass is 16.6. The number of hydrogen-bond acceptors (Lipinski definition) is 12. The molecule has 17 nitrogen and oxygen atoms in total. The summed E-state index contributed by atoms with van der Waals surface area (Å²) in [6.45, 7) is 25.9. The van der Waals surface area contributed by atoms with E-state index in [0.29, 0.717) is 102 Å². The van der Waals surface area contributed by atoms with Crippen molar-refractivity contribution in [1.82, 2.24) is 25.1 Å². The molecule has 0 aliphatic carbocycles. The van der Waals surface area contributed by atoms with Gasteiger partial charge in [0.1, 0.15) is 34.2 Å². The number of nitrogens with zero attached hydrogens (tertiary/aromatic N) is 5. The molecule has 0 saturated heterocycles.